The molecular formula is C23H32O2. The van der Waals surface area contributed by atoms with E-state index in [1.807, 2.05) is 12.1 Å². The Balaban J connectivity index is 1.64. The third kappa shape index (κ3) is 7.72. The summed E-state index contributed by atoms with van der Waals surface area (Å²) in [6.07, 6.45) is 19.1. The Morgan fingerprint density at radius 3 is 2.88 bits per heavy atom. The van der Waals surface area contributed by atoms with E-state index in [0.717, 1.165) is 49.7 Å². The van der Waals surface area contributed by atoms with Crippen molar-refractivity contribution in [2.75, 3.05) is 6.61 Å². The lowest BCUT2D eigenvalue weighted by Gasteiger charge is -2.14. The second-order valence-electron chi connectivity index (χ2n) is 7.04. The highest BCUT2D eigenvalue weighted by molar-refractivity contribution is 5.49. The maximum Gasteiger partial charge on any atom is 0.120 e. The summed E-state index contributed by atoms with van der Waals surface area (Å²) in [7, 11) is 0. The normalized spacial score (nSPS) is 20.5. The molecule has 0 heterocycles. The molecule has 0 aromatic heterocycles. The van der Waals surface area contributed by atoms with E-state index in [4.69, 9.17) is 4.74 Å². The molecule has 1 fully saturated rings. The van der Waals surface area contributed by atoms with Crippen LogP contribution in [0.3, 0.4) is 0 Å². The van der Waals surface area contributed by atoms with Gasteiger partial charge in [-0.05, 0) is 75.0 Å². The smallest absolute Gasteiger partial charge is 0.120 e. The number of aldehydes is 1. The van der Waals surface area contributed by atoms with E-state index in [1.54, 1.807) is 0 Å². The maximum absolute atomic E-state index is 10.3. The zero-order valence-corrected chi connectivity index (χ0v) is 15.5. The molecule has 0 saturated heterocycles. The van der Waals surface area contributed by atoms with Gasteiger partial charge in [0.15, 0.2) is 0 Å². The van der Waals surface area contributed by atoms with Crippen molar-refractivity contribution in [3.8, 4) is 5.75 Å². The van der Waals surface area contributed by atoms with Crippen LogP contribution in [-0.4, -0.2) is 12.9 Å². The van der Waals surface area contributed by atoms with Crippen LogP contribution in [0.1, 0.15) is 56.9 Å². The Bertz CT molecular complexity index is 559. The number of unbranched alkanes of at least 4 members (excludes halogenated alkanes) is 2. The molecule has 1 aliphatic carbocycles. The van der Waals surface area contributed by atoms with Crippen molar-refractivity contribution in [1.82, 2.24) is 0 Å². The third-order valence-electron chi connectivity index (χ3n) is 4.94. The fraction of sp³-hybridized carbons (Fsp3) is 0.522. The number of ether oxygens (including phenoxy) is 1. The Hall–Kier alpha value is -1.83. The molecule has 0 bridgehead atoms. The van der Waals surface area contributed by atoms with Crippen LogP contribution in [0, 0.1) is 18.8 Å². The maximum atomic E-state index is 10.3. The predicted molar refractivity (Wildman–Crippen MR) is 105 cm³/mol. The van der Waals surface area contributed by atoms with E-state index in [2.05, 4.69) is 43.4 Å². The number of hydrogen-bond donors (Lipinski definition) is 0. The van der Waals surface area contributed by atoms with Crippen LogP contribution in [0.4, 0.5) is 0 Å². The molecular weight excluding hydrogens is 308 g/mol. The van der Waals surface area contributed by atoms with Gasteiger partial charge in [-0.3, -0.25) is 0 Å². The average molecular weight is 341 g/mol. The van der Waals surface area contributed by atoms with Crippen molar-refractivity contribution in [3.63, 3.8) is 0 Å². The van der Waals surface area contributed by atoms with Crippen LogP contribution < -0.4 is 4.74 Å². The first-order chi connectivity index (χ1) is 12.3. The van der Waals surface area contributed by atoms with Crippen LogP contribution in [0.15, 0.2) is 48.6 Å². The summed E-state index contributed by atoms with van der Waals surface area (Å²) in [6, 6.07) is 8.23. The molecule has 0 radical (unpaired) electrons. The van der Waals surface area contributed by atoms with Crippen LogP contribution in [-0.2, 0) is 4.79 Å². The third-order valence-corrected chi connectivity index (χ3v) is 4.94. The van der Waals surface area contributed by atoms with Gasteiger partial charge in [0.2, 0.25) is 0 Å². The summed E-state index contributed by atoms with van der Waals surface area (Å²) in [4.78, 5) is 10.3. The molecule has 25 heavy (non-hydrogen) atoms. The number of hydrogen-bond acceptors (Lipinski definition) is 2. The fourth-order valence-corrected chi connectivity index (χ4v) is 3.54. The van der Waals surface area contributed by atoms with Crippen LogP contribution in [0.2, 0.25) is 0 Å². The standard InChI is InChI=1S/C23H32O2/c1-20-11-9-16-23(19-20)25-18-8-6-13-22-15-10-14-21(22)12-5-3-2-4-7-17-24/h3,5-6,9,11,13,16-17,19,21-22H,2,4,7-8,10,12,14-15,18H2,1H3/b5-3-,13-6+/t21-,22?/m0/s1. The van der Waals surface area contributed by atoms with Gasteiger partial charge in [-0.1, -0.05) is 42.9 Å². The molecule has 136 valence electrons. The topological polar surface area (TPSA) is 26.3 Å². The molecule has 2 nitrogen and oxygen atoms in total. The molecule has 0 aliphatic heterocycles. The largest absolute Gasteiger partial charge is 0.493 e. The van der Waals surface area contributed by atoms with Gasteiger partial charge in [0.25, 0.3) is 0 Å². The second kappa shape index (κ2) is 11.7. The lowest BCUT2D eigenvalue weighted by Crippen LogP contribution is -2.04. The van der Waals surface area contributed by atoms with E-state index < -0.39 is 0 Å². The number of allylic oxidation sites excluding steroid dienone is 3. The molecule has 0 spiro atoms. The van der Waals surface area contributed by atoms with Crippen molar-refractivity contribution in [3.05, 3.63) is 54.1 Å². The molecule has 0 N–H and O–H groups in total. The van der Waals surface area contributed by atoms with E-state index in [9.17, 15) is 4.79 Å². The highest BCUT2D eigenvalue weighted by atomic mass is 16.5. The average Bonchev–Trinajstić information content (AvgIpc) is 3.05. The lowest BCUT2D eigenvalue weighted by molar-refractivity contribution is -0.107. The monoisotopic (exact) mass is 340 g/mol. The molecule has 1 unspecified atom stereocenters. The molecule has 2 rings (SSSR count). The Labute approximate surface area is 153 Å². The van der Waals surface area contributed by atoms with Crippen LogP contribution in [0.5, 0.6) is 5.75 Å². The second-order valence-corrected chi connectivity index (χ2v) is 7.04. The van der Waals surface area contributed by atoms with Crippen LogP contribution in [0.25, 0.3) is 0 Å². The van der Waals surface area contributed by atoms with Crippen molar-refractivity contribution in [2.45, 2.75) is 58.3 Å². The lowest BCUT2D eigenvalue weighted by atomic mass is 9.92. The summed E-state index contributed by atoms with van der Waals surface area (Å²) in [5.74, 6) is 2.47. The van der Waals surface area contributed by atoms with Gasteiger partial charge in [0.1, 0.15) is 12.0 Å². The van der Waals surface area contributed by atoms with Crippen LogP contribution >= 0.6 is 0 Å². The molecule has 1 aromatic carbocycles. The minimum Gasteiger partial charge on any atom is -0.493 e. The number of carbonyl (C=O) groups excluding carboxylic acids is 1. The highest BCUT2D eigenvalue weighted by Crippen LogP contribution is 2.35. The van der Waals surface area contributed by atoms with Gasteiger partial charge < -0.3 is 9.53 Å². The van der Waals surface area contributed by atoms with Gasteiger partial charge in [-0.25, -0.2) is 0 Å². The molecule has 1 saturated carbocycles. The van der Waals surface area contributed by atoms with E-state index in [0.29, 0.717) is 6.42 Å². The van der Waals surface area contributed by atoms with Crippen molar-refractivity contribution in [1.29, 1.82) is 0 Å². The highest BCUT2D eigenvalue weighted by Gasteiger charge is 2.23. The SMILES string of the molecule is Cc1cccc(OCC/C=C/C2CCC[C@@H]2C/C=C\CCCC=O)c1. The van der Waals surface area contributed by atoms with E-state index >= 15 is 0 Å². The van der Waals surface area contributed by atoms with E-state index in [1.165, 1.54) is 31.2 Å². The zero-order chi connectivity index (χ0) is 17.7. The van der Waals surface area contributed by atoms with Crippen molar-refractivity contribution in [2.24, 2.45) is 11.8 Å². The van der Waals surface area contributed by atoms with Gasteiger partial charge in [0.05, 0.1) is 6.61 Å². The predicted octanol–water partition coefficient (Wildman–Crippen LogP) is 6.05. The first-order valence-electron chi connectivity index (χ1n) is 9.74. The summed E-state index contributed by atoms with van der Waals surface area (Å²) in [6.45, 7) is 2.83. The van der Waals surface area contributed by atoms with Gasteiger partial charge in [-0.2, -0.15) is 0 Å². The summed E-state index contributed by atoms with van der Waals surface area (Å²) in [5.41, 5.74) is 1.24. The minimum atomic E-state index is 0.684. The molecule has 1 aromatic rings. The molecule has 2 atom stereocenters. The summed E-state index contributed by atoms with van der Waals surface area (Å²) in [5, 5.41) is 0. The Morgan fingerprint density at radius 1 is 1.12 bits per heavy atom. The van der Waals surface area contributed by atoms with Gasteiger partial charge in [0, 0.05) is 6.42 Å². The zero-order valence-electron chi connectivity index (χ0n) is 15.5. The summed E-state index contributed by atoms with van der Waals surface area (Å²) >= 11 is 0. The first-order valence-corrected chi connectivity index (χ1v) is 9.74. The first kappa shape index (κ1) is 19.5. The number of aryl methyl sites for hydroxylation is 1. The van der Waals surface area contributed by atoms with Crippen molar-refractivity contribution < 1.29 is 9.53 Å². The molecule has 2 heteroatoms. The molecule has 1 aliphatic rings. The van der Waals surface area contributed by atoms with E-state index in [-0.39, 0.29) is 0 Å². The quantitative estimate of drug-likeness (QED) is 0.278. The minimum absolute atomic E-state index is 0.684. The number of benzene rings is 1. The summed E-state index contributed by atoms with van der Waals surface area (Å²) < 4.78 is 5.80. The van der Waals surface area contributed by atoms with Gasteiger partial charge >= 0.3 is 0 Å². The Morgan fingerprint density at radius 2 is 2.04 bits per heavy atom. The van der Waals surface area contributed by atoms with Gasteiger partial charge in [-0.15, -0.1) is 0 Å². The Kier molecular flexibility index (Phi) is 9.11. The number of carbonyl (C=O) groups is 1. The van der Waals surface area contributed by atoms with Crippen molar-refractivity contribution >= 4 is 6.29 Å². The number of rotatable bonds is 11. The fourth-order valence-electron chi connectivity index (χ4n) is 3.54. The molecule has 0 amide bonds.